The maximum absolute atomic E-state index is 4.62. The standard InChI is InChI=1S/C22H36N6.HI/c1-23-22(26-19-9-14-27(15-10-19)20-6-7-20)25-17-18-8-11-24-21(16-18)28-12-4-2-3-5-13-28;/h8,11,16,19-20H,2-7,9-10,12-15,17H2,1H3,(H2,23,25,26);1H. The molecule has 1 aromatic heterocycles. The first-order valence-corrected chi connectivity index (χ1v) is 11.2. The van der Waals surface area contributed by atoms with Crippen molar-refractivity contribution in [2.45, 2.75) is 70.0 Å². The molecule has 0 bridgehead atoms. The van der Waals surface area contributed by atoms with Crippen LogP contribution in [0.15, 0.2) is 23.3 Å². The van der Waals surface area contributed by atoms with Crippen LogP contribution in [-0.2, 0) is 6.54 Å². The summed E-state index contributed by atoms with van der Waals surface area (Å²) >= 11 is 0. The molecule has 0 spiro atoms. The molecule has 0 aromatic carbocycles. The fourth-order valence-electron chi connectivity index (χ4n) is 4.47. The minimum Gasteiger partial charge on any atom is -0.357 e. The fourth-order valence-corrected chi connectivity index (χ4v) is 4.47. The molecule has 3 aliphatic rings. The van der Waals surface area contributed by atoms with Gasteiger partial charge in [0, 0.05) is 58.1 Å². The summed E-state index contributed by atoms with van der Waals surface area (Å²) in [5, 5.41) is 7.13. The summed E-state index contributed by atoms with van der Waals surface area (Å²) in [5.41, 5.74) is 1.26. The lowest BCUT2D eigenvalue weighted by Crippen LogP contribution is -2.48. The molecule has 29 heavy (non-hydrogen) atoms. The number of hydrogen-bond acceptors (Lipinski definition) is 4. The lowest BCUT2D eigenvalue weighted by Gasteiger charge is -2.33. The number of anilines is 1. The van der Waals surface area contributed by atoms with Gasteiger partial charge in [-0.25, -0.2) is 4.98 Å². The number of nitrogens with zero attached hydrogens (tertiary/aromatic N) is 4. The molecule has 0 atom stereocenters. The molecule has 6 nitrogen and oxygen atoms in total. The summed E-state index contributed by atoms with van der Waals surface area (Å²) < 4.78 is 0. The number of piperidine rings is 1. The zero-order valence-electron chi connectivity index (χ0n) is 17.8. The second kappa shape index (κ2) is 11.3. The van der Waals surface area contributed by atoms with Crippen LogP contribution >= 0.6 is 24.0 Å². The number of halogens is 1. The van der Waals surface area contributed by atoms with Crippen molar-refractivity contribution in [3.63, 3.8) is 0 Å². The molecule has 2 saturated heterocycles. The van der Waals surface area contributed by atoms with Crippen LogP contribution < -0.4 is 15.5 Å². The second-order valence-corrected chi connectivity index (χ2v) is 8.54. The summed E-state index contributed by atoms with van der Waals surface area (Å²) in [4.78, 5) is 14.2. The lowest BCUT2D eigenvalue weighted by molar-refractivity contribution is 0.197. The van der Waals surface area contributed by atoms with Gasteiger partial charge >= 0.3 is 0 Å². The number of aliphatic imine (C=N–C) groups is 1. The normalized spacial score (nSPS) is 22.0. The van der Waals surface area contributed by atoms with Gasteiger partial charge in [0.1, 0.15) is 5.82 Å². The van der Waals surface area contributed by atoms with E-state index < -0.39 is 0 Å². The Morgan fingerprint density at radius 3 is 2.45 bits per heavy atom. The Morgan fingerprint density at radius 1 is 1.07 bits per heavy atom. The Hall–Kier alpha value is -1.09. The minimum atomic E-state index is 0. The van der Waals surface area contributed by atoms with Crippen LogP contribution in [0.2, 0.25) is 0 Å². The third-order valence-electron chi connectivity index (χ3n) is 6.36. The van der Waals surface area contributed by atoms with E-state index in [1.807, 2.05) is 13.2 Å². The van der Waals surface area contributed by atoms with E-state index in [2.05, 4.69) is 42.5 Å². The van der Waals surface area contributed by atoms with Crippen molar-refractivity contribution in [1.82, 2.24) is 20.5 Å². The molecule has 3 fully saturated rings. The Kier molecular flexibility index (Phi) is 8.84. The van der Waals surface area contributed by atoms with Crippen LogP contribution in [0.5, 0.6) is 0 Å². The van der Waals surface area contributed by atoms with Crippen LogP contribution in [0, 0.1) is 0 Å². The average Bonchev–Trinajstić information content (AvgIpc) is 3.59. The van der Waals surface area contributed by atoms with Gasteiger partial charge < -0.3 is 20.4 Å². The van der Waals surface area contributed by atoms with Crippen LogP contribution in [0.1, 0.15) is 56.9 Å². The van der Waals surface area contributed by atoms with Crippen LogP contribution in [-0.4, -0.2) is 61.2 Å². The molecule has 1 aromatic rings. The Labute approximate surface area is 192 Å². The first-order chi connectivity index (χ1) is 13.8. The van der Waals surface area contributed by atoms with Crippen LogP contribution in [0.25, 0.3) is 0 Å². The molecule has 1 saturated carbocycles. The van der Waals surface area contributed by atoms with Gasteiger partial charge in [-0.1, -0.05) is 12.8 Å². The predicted octanol–water partition coefficient (Wildman–Crippen LogP) is 3.37. The maximum Gasteiger partial charge on any atom is 0.191 e. The van der Waals surface area contributed by atoms with Crippen molar-refractivity contribution in [2.75, 3.05) is 38.1 Å². The van der Waals surface area contributed by atoms with E-state index in [0.29, 0.717) is 6.04 Å². The molecule has 7 heteroatoms. The van der Waals surface area contributed by atoms with Gasteiger partial charge in [0.25, 0.3) is 0 Å². The highest BCUT2D eigenvalue weighted by Crippen LogP contribution is 2.29. The van der Waals surface area contributed by atoms with E-state index in [0.717, 1.165) is 37.5 Å². The van der Waals surface area contributed by atoms with Crippen molar-refractivity contribution >= 4 is 35.8 Å². The van der Waals surface area contributed by atoms with Crippen molar-refractivity contribution in [3.05, 3.63) is 23.9 Å². The molecular weight excluding hydrogens is 475 g/mol. The van der Waals surface area contributed by atoms with Crippen molar-refractivity contribution in [1.29, 1.82) is 0 Å². The van der Waals surface area contributed by atoms with Crippen LogP contribution in [0.4, 0.5) is 5.82 Å². The first-order valence-electron chi connectivity index (χ1n) is 11.2. The number of hydrogen-bond donors (Lipinski definition) is 2. The second-order valence-electron chi connectivity index (χ2n) is 8.54. The minimum absolute atomic E-state index is 0. The highest BCUT2D eigenvalue weighted by atomic mass is 127. The summed E-state index contributed by atoms with van der Waals surface area (Å²) in [6, 6.07) is 5.77. The quantitative estimate of drug-likeness (QED) is 0.360. The molecular formula is C22H37IN6. The van der Waals surface area contributed by atoms with Crippen molar-refractivity contribution in [3.8, 4) is 0 Å². The fraction of sp³-hybridized carbons (Fsp3) is 0.727. The Bertz CT molecular complexity index is 646. The zero-order chi connectivity index (χ0) is 19.2. The number of pyridine rings is 1. The molecule has 2 N–H and O–H groups in total. The smallest absolute Gasteiger partial charge is 0.191 e. The van der Waals surface area contributed by atoms with E-state index in [1.165, 1.54) is 70.0 Å². The third kappa shape index (κ3) is 6.70. The van der Waals surface area contributed by atoms with E-state index in [-0.39, 0.29) is 24.0 Å². The van der Waals surface area contributed by atoms with Gasteiger partial charge in [0.05, 0.1) is 0 Å². The molecule has 0 radical (unpaired) electrons. The van der Waals surface area contributed by atoms with Gasteiger partial charge in [-0.2, -0.15) is 0 Å². The highest BCUT2D eigenvalue weighted by molar-refractivity contribution is 14.0. The number of rotatable bonds is 5. The Morgan fingerprint density at radius 2 is 1.79 bits per heavy atom. The summed E-state index contributed by atoms with van der Waals surface area (Å²) in [6.45, 7) is 5.50. The van der Waals surface area contributed by atoms with Crippen molar-refractivity contribution < 1.29 is 0 Å². The first kappa shape index (κ1) is 22.6. The molecule has 1 aliphatic carbocycles. The summed E-state index contributed by atoms with van der Waals surface area (Å²) in [6.07, 6.45) is 12.4. The van der Waals surface area contributed by atoms with E-state index in [1.54, 1.807) is 0 Å². The maximum atomic E-state index is 4.62. The number of likely N-dealkylation sites (tertiary alicyclic amines) is 1. The molecule has 2 aliphatic heterocycles. The number of guanidine groups is 1. The van der Waals surface area contributed by atoms with E-state index in [9.17, 15) is 0 Å². The molecule has 0 amide bonds. The zero-order valence-corrected chi connectivity index (χ0v) is 20.1. The topological polar surface area (TPSA) is 55.8 Å². The van der Waals surface area contributed by atoms with Crippen LogP contribution in [0.3, 0.4) is 0 Å². The SMILES string of the molecule is CN=C(NCc1ccnc(N2CCCCCC2)c1)NC1CCN(C2CC2)CC1.I. The molecule has 3 heterocycles. The summed E-state index contributed by atoms with van der Waals surface area (Å²) in [5.74, 6) is 2.04. The largest absolute Gasteiger partial charge is 0.357 e. The van der Waals surface area contributed by atoms with E-state index >= 15 is 0 Å². The highest BCUT2D eigenvalue weighted by Gasteiger charge is 2.31. The van der Waals surface area contributed by atoms with Crippen molar-refractivity contribution in [2.24, 2.45) is 4.99 Å². The number of nitrogens with one attached hydrogen (secondary N) is 2. The molecule has 4 rings (SSSR count). The van der Waals surface area contributed by atoms with Gasteiger partial charge in [0.2, 0.25) is 0 Å². The average molecular weight is 512 g/mol. The Balaban J connectivity index is 0.00000240. The monoisotopic (exact) mass is 512 g/mol. The molecule has 162 valence electrons. The lowest BCUT2D eigenvalue weighted by atomic mass is 10.1. The van der Waals surface area contributed by atoms with E-state index in [4.69, 9.17) is 0 Å². The summed E-state index contributed by atoms with van der Waals surface area (Å²) in [7, 11) is 1.86. The molecule has 0 unspecified atom stereocenters. The van der Waals surface area contributed by atoms with Gasteiger partial charge in [-0.05, 0) is 56.2 Å². The van der Waals surface area contributed by atoms with Gasteiger partial charge in [-0.15, -0.1) is 24.0 Å². The van der Waals surface area contributed by atoms with Gasteiger partial charge in [0.15, 0.2) is 5.96 Å². The van der Waals surface area contributed by atoms with Gasteiger partial charge in [-0.3, -0.25) is 4.99 Å². The third-order valence-corrected chi connectivity index (χ3v) is 6.36. The number of aromatic nitrogens is 1. The predicted molar refractivity (Wildman–Crippen MR) is 131 cm³/mol.